The van der Waals surface area contributed by atoms with Crippen molar-refractivity contribution >= 4 is 29.7 Å². The largest absolute Gasteiger partial charge is 0.493 e. The zero-order valence-corrected chi connectivity index (χ0v) is 22.7. The molecule has 0 atom stereocenters. The van der Waals surface area contributed by atoms with E-state index >= 15 is 0 Å². The predicted octanol–water partition coefficient (Wildman–Crippen LogP) is 5.76. The van der Waals surface area contributed by atoms with Crippen molar-refractivity contribution in [2.24, 2.45) is 5.92 Å². The molecule has 8 heteroatoms. The molecule has 0 spiro atoms. The third-order valence-electron chi connectivity index (χ3n) is 5.48. The third kappa shape index (κ3) is 10.6. The summed E-state index contributed by atoms with van der Waals surface area (Å²) in [6.07, 6.45) is 20.6. The lowest BCUT2D eigenvalue weighted by Gasteiger charge is -2.09. The van der Waals surface area contributed by atoms with Crippen molar-refractivity contribution in [2.45, 2.75) is 26.3 Å². The average Bonchev–Trinajstić information content (AvgIpc) is 3.69. The number of methoxy groups -OCH3 is 1. The monoisotopic (exact) mass is 534 g/mol. The van der Waals surface area contributed by atoms with Crippen molar-refractivity contribution in [1.82, 2.24) is 20.1 Å². The number of aromatic nitrogens is 3. The smallest absolute Gasteiger partial charge is 0.168 e. The lowest BCUT2D eigenvalue weighted by atomic mass is 10.2. The summed E-state index contributed by atoms with van der Waals surface area (Å²) in [5.74, 6) is 1.53. The van der Waals surface area contributed by atoms with Gasteiger partial charge < -0.3 is 14.8 Å². The van der Waals surface area contributed by atoms with Crippen LogP contribution in [0.15, 0.2) is 61.6 Å². The van der Waals surface area contributed by atoms with E-state index in [0.29, 0.717) is 29.7 Å². The Morgan fingerprint density at radius 1 is 1.29 bits per heavy atom. The highest BCUT2D eigenvalue weighted by Gasteiger charge is 2.22. The minimum atomic E-state index is 0.383. The number of hydrogen-bond donors (Lipinski definition) is 1. The normalized spacial score (nSPS) is 12.0. The summed E-state index contributed by atoms with van der Waals surface area (Å²) in [7, 11) is 1.68. The van der Waals surface area contributed by atoms with Crippen molar-refractivity contribution in [3.05, 3.63) is 89.0 Å². The molecule has 1 aliphatic rings. The van der Waals surface area contributed by atoms with Crippen LogP contribution < -0.4 is 10.1 Å². The van der Waals surface area contributed by atoms with E-state index in [9.17, 15) is 4.79 Å². The quantitative estimate of drug-likeness (QED) is 0.235. The first-order chi connectivity index (χ1) is 18.5. The maximum atomic E-state index is 10.9. The second-order valence-electron chi connectivity index (χ2n) is 8.41. The van der Waals surface area contributed by atoms with Gasteiger partial charge >= 0.3 is 0 Å². The Balaban J connectivity index is 0.000000773. The summed E-state index contributed by atoms with van der Waals surface area (Å²) in [5, 5.41) is 8.32. The molecule has 2 aromatic heterocycles. The van der Waals surface area contributed by atoms with Crippen molar-refractivity contribution in [2.75, 3.05) is 26.9 Å². The van der Waals surface area contributed by atoms with Gasteiger partial charge in [-0.15, -0.1) is 12.8 Å². The Kier molecular flexibility index (Phi) is 13.4. The second kappa shape index (κ2) is 16.8. The summed E-state index contributed by atoms with van der Waals surface area (Å²) in [6.45, 7) is 8.74. The summed E-state index contributed by atoms with van der Waals surface area (Å²) in [4.78, 5) is 14.8. The molecule has 0 aliphatic heterocycles. The molecule has 7 nitrogen and oxygen atoms in total. The third-order valence-corrected chi connectivity index (χ3v) is 5.83. The molecule has 1 aliphatic carbocycles. The molecule has 0 bridgehead atoms. The molecular formula is C30H35ClN4O3. The molecule has 38 heavy (non-hydrogen) atoms. The SMILES string of the molecule is C#C.C=C(NC/C=C/c1cnn(Cc2ccc(OCC3CC3)cc2Cl)c1)c1ccnc(C=O)c1.CCOC. The van der Waals surface area contributed by atoms with Gasteiger partial charge in [0.05, 0.1) is 19.3 Å². The van der Waals surface area contributed by atoms with Crippen molar-refractivity contribution in [1.29, 1.82) is 0 Å². The van der Waals surface area contributed by atoms with Gasteiger partial charge in [0.15, 0.2) is 6.29 Å². The van der Waals surface area contributed by atoms with Crippen LogP contribution in [-0.2, 0) is 11.3 Å². The summed E-state index contributed by atoms with van der Waals surface area (Å²) in [5.41, 5.74) is 3.94. The van der Waals surface area contributed by atoms with Crippen LogP contribution in [-0.4, -0.2) is 47.9 Å². The van der Waals surface area contributed by atoms with Crippen LogP contribution in [0, 0.1) is 18.8 Å². The van der Waals surface area contributed by atoms with Gasteiger partial charge in [-0.3, -0.25) is 14.5 Å². The highest BCUT2D eigenvalue weighted by molar-refractivity contribution is 6.31. The molecule has 0 unspecified atom stereocenters. The number of terminal acetylenes is 1. The number of carbonyl (C=O) groups excluding carboxylic acids is 1. The summed E-state index contributed by atoms with van der Waals surface area (Å²) >= 11 is 6.44. The van der Waals surface area contributed by atoms with E-state index in [4.69, 9.17) is 16.3 Å². The van der Waals surface area contributed by atoms with E-state index in [1.165, 1.54) is 12.8 Å². The Bertz CT molecular complexity index is 1210. The Morgan fingerprint density at radius 2 is 2.05 bits per heavy atom. The highest BCUT2D eigenvalue weighted by Crippen LogP contribution is 2.30. The number of rotatable bonds is 12. The molecule has 0 radical (unpaired) electrons. The average molecular weight is 535 g/mol. The van der Waals surface area contributed by atoms with Crippen LogP contribution in [0.3, 0.4) is 0 Å². The number of nitrogens with one attached hydrogen (secondary N) is 1. The van der Waals surface area contributed by atoms with Gasteiger partial charge in [-0.05, 0) is 55.5 Å². The first kappa shape index (κ1) is 30.4. The van der Waals surface area contributed by atoms with E-state index in [0.717, 1.165) is 47.6 Å². The van der Waals surface area contributed by atoms with Crippen molar-refractivity contribution < 1.29 is 14.3 Å². The Labute approximate surface area is 230 Å². The molecule has 1 aromatic carbocycles. The van der Waals surface area contributed by atoms with Crippen molar-refractivity contribution in [3.63, 3.8) is 0 Å². The van der Waals surface area contributed by atoms with E-state index < -0.39 is 0 Å². The molecule has 4 rings (SSSR count). The fourth-order valence-corrected chi connectivity index (χ4v) is 3.38. The van der Waals surface area contributed by atoms with Gasteiger partial charge in [0.1, 0.15) is 11.4 Å². The maximum absolute atomic E-state index is 10.9. The van der Waals surface area contributed by atoms with Crippen molar-refractivity contribution in [3.8, 4) is 18.6 Å². The topological polar surface area (TPSA) is 78.3 Å². The molecule has 1 fully saturated rings. The second-order valence-corrected chi connectivity index (χ2v) is 8.81. The van der Waals surface area contributed by atoms with Gasteiger partial charge in [0, 0.05) is 54.5 Å². The van der Waals surface area contributed by atoms with Crippen LogP contribution >= 0.6 is 11.6 Å². The van der Waals surface area contributed by atoms with Crippen LogP contribution in [0.1, 0.15) is 46.9 Å². The number of pyridine rings is 1. The first-order valence-corrected chi connectivity index (χ1v) is 12.7. The minimum absolute atomic E-state index is 0.383. The van der Waals surface area contributed by atoms with Crippen LogP contribution in [0.25, 0.3) is 11.8 Å². The number of aldehydes is 1. The molecule has 2 heterocycles. The number of carbonyl (C=O) groups is 1. The van der Waals surface area contributed by atoms with Crippen LogP contribution in [0.2, 0.25) is 5.02 Å². The van der Waals surface area contributed by atoms with Gasteiger partial charge in [0.25, 0.3) is 0 Å². The lowest BCUT2D eigenvalue weighted by Crippen LogP contribution is -2.11. The van der Waals surface area contributed by atoms with Crippen LogP contribution in [0.4, 0.5) is 0 Å². The number of benzene rings is 1. The standard InChI is InChI=1S/C25H25ClN4O2.C3H8O.C2H2/c1-18(21-8-10-28-23(11-21)16-31)27-9-2-3-20-13-29-30(14-20)15-22-6-7-24(12-25(22)26)32-17-19-4-5-19;1-3-4-2;1-2/h2-3,6-8,10-14,16,19,27H,1,4-5,9,15,17H2;3H2,1-2H3;1-2H/b3-2+;;. The number of nitrogens with zero attached hydrogens (tertiary/aromatic N) is 3. The van der Waals surface area contributed by atoms with E-state index in [-0.39, 0.29) is 0 Å². The molecular weight excluding hydrogens is 500 g/mol. The van der Waals surface area contributed by atoms with E-state index in [1.54, 1.807) is 19.4 Å². The fraction of sp³-hybridized carbons (Fsp3) is 0.300. The number of halogens is 1. The summed E-state index contributed by atoms with van der Waals surface area (Å²) in [6, 6.07) is 9.35. The summed E-state index contributed by atoms with van der Waals surface area (Å²) < 4.78 is 12.2. The van der Waals surface area contributed by atoms with Gasteiger partial charge in [0.2, 0.25) is 0 Å². The predicted molar refractivity (Wildman–Crippen MR) is 154 cm³/mol. The minimum Gasteiger partial charge on any atom is -0.493 e. The zero-order chi connectivity index (χ0) is 27.8. The van der Waals surface area contributed by atoms with Gasteiger partial charge in [-0.1, -0.05) is 36.4 Å². The zero-order valence-electron chi connectivity index (χ0n) is 22.0. The first-order valence-electron chi connectivity index (χ1n) is 12.3. The number of hydrogen-bond acceptors (Lipinski definition) is 6. The van der Waals surface area contributed by atoms with E-state index in [2.05, 4.69) is 39.6 Å². The van der Waals surface area contributed by atoms with Crippen LogP contribution in [0.5, 0.6) is 5.75 Å². The Hall–Kier alpha value is -3.86. The number of ether oxygens (including phenoxy) is 2. The molecule has 200 valence electrons. The molecule has 1 saturated carbocycles. The molecule has 0 saturated heterocycles. The van der Waals surface area contributed by atoms with E-state index in [1.807, 2.05) is 60.4 Å². The fourth-order valence-electron chi connectivity index (χ4n) is 3.15. The molecule has 3 aromatic rings. The highest BCUT2D eigenvalue weighted by atomic mass is 35.5. The Morgan fingerprint density at radius 3 is 2.71 bits per heavy atom. The molecule has 1 N–H and O–H groups in total. The maximum Gasteiger partial charge on any atom is 0.168 e. The lowest BCUT2D eigenvalue weighted by molar-refractivity contribution is 0.111. The molecule has 0 amide bonds. The van der Waals surface area contributed by atoms with Gasteiger partial charge in [-0.2, -0.15) is 5.10 Å². The van der Waals surface area contributed by atoms with Gasteiger partial charge in [-0.25, -0.2) is 0 Å².